The molecule has 1 unspecified atom stereocenters. The highest BCUT2D eigenvalue weighted by molar-refractivity contribution is 5.34. The topological polar surface area (TPSA) is 12.0 Å². The fraction of sp³-hybridized carbons (Fsp3) is 0.571. The molecular weight excluding hydrogens is 182 g/mol. The van der Waals surface area contributed by atoms with Crippen molar-refractivity contribution in [3.63, 3.8) is 0 Å². The van der Waals surface area contributed by atoms with Gasteiger partial charge in [0.2, 0.25) is 0 Å². The fourth-order valence-corrected chi connectivity index (χ4v) is 1.81. The molecule has 0 aromatic carbocycles. The summed E-state index contributed by atoms with van der Waals surface area (Å²) in [6, 6.07) is 0.504. The number of allylic oxidation sites excluding steroid dienone is 2. The predicted octanol–water partition coefficient (Wildman–Crippen LogP) is 3.84. The lowest BCUT2D eigenvalue weighted by molar-refractivity contribution is 0.443. The van der Waals surface area contributed by atoms with E-state index >= 15 is 0 Å². The summed E-state index contributed by atoms with van der Waals surface area (Å²) >= 11 is 0. The first kappa shape index (κ1) is 14.2. The Morgan fingerprint density at radius 1 is 1.20 bits per heavy atom. The highest BCUT2D eigenvalue weighted by atomic mass is 14.9. The van der Waals surface area contributed by atoms with Gasteiger partial charge in [-0.2, -0.15) is 0 Å². The molecule has 0 amide bonds. The van der Waals surface area contributed by atoms with E-state index in [-0.39, 0.29) is 0 Å². The molecule has 86 valence electrons. The van der Waals surface area contributed by atoms with Crippen LogP contribution in [0.15, 0.2) is 36.5 Å². The first-order valence-electron chi connectivity index (χ1n) is 5.98. The zero-order valence-corrected chi connectivity index (χ0v) is 10.5. The quantitative estimate of drug-likeness (QED) is 0.693. The van der Waals surface area contributed by atoms with Crippen LogP contribution in [0.5, 0.6) is 0 Å². The minimum absolute atomic E-state index is 0.504. The molecule has 15 heavy (non-hydrogen) atoms. The third-order valence-electron chi connectivity index (χ3n) is 2.67. The van der Waals surface area contributed by atoms with Crippen molar-refractivity contribution in [2.45, 2.75) is 46.1 Å². The van der Waals surface area contributed by atoms with Gasteiger partial charge in [0.05, 0.1) is 0 Å². The molecule has 1 atom stereocenters. The summed E-state index contributed by atoms with van der Waals surface area (Å²) < 4.78 is 0. The van der Waals surface area contributed by atoms with E-state index in [1.54, 1.807) is 0 Å². The Morgan fingerprint density at radius 2 is 1.87 bits per heavy atom. The Kier molecular flexibility index (Phi) is 8.02. The molecule has 0 radical (unpaired) electrons. The van der Waals surface area contributed by atoms with Crippen LogP contribution in [-0.2, 0) is 0 Å². The van der Waals surface area contributed by atoms with E-state index in [1.807, 2.05) is 26.0 Å². The summed E-state index contributed by atoms with van der Waals surface area (Å²) in [6.07, 6.45) is 7.72. The van der Waals surface area contributed by atoms with Gasteiger partial charge in [-0.05, 0) is 37.5 Å². The Labute approximate surface area is 95.0 Å². The van der Waals surface area contributed by atoms with Crippen LogP contribution in [0.4, 0.5) is 0 Å². The molecule has 1 heterocycles. The van der Waals surface area contributed by atoms with Gasteiger partial charge in [0.25, 0.3) is 0 Å². The fourth-order valence-electron chi connectivity index (χ4n) is 1.81. The molecule has 0 aromatic rings. The van der Waals surface area contributed by atoms with Crippen LogP contribution in [0.1, 0.15) is 40.0 Å². The lowest BCUT2D eigenvalue weighted by Crippen LogP contribution is -2.35. The summed E-state index contributed by atoms with van der Waals surface area (Å²) in [6.45, 7) is 14.9. The second-order valence-corrected chi connectivity index (χ2v) is 3.55. The van der Waals surface area contributed by atoms with E-state index in [0.29, 0.717) is 6.04 Å². The lowest BCUT2D eigenvalue weighted by atomic mass is 9.94. The van der Waals surface area contributed by atoms with Crippen molar-refractivity contribution in [2.24, 2.45) is 0 Å². The Balaban J connectivity index is 0.000000921. The van der Waals surface area contributed by atoms with Gasteiger partial charge in [0.1, 0.15) is 0 Å². The van der Waals surface area contributed by atoms with Gasteiger partial charge in [0.15, 0.2) is 0 Å². The standard InChI is InChI=1S/C12H19N.C2H6/c1-4-10(3)11(5-2)12-8-6-7-9-13-12;1-2/h4-5,12-13H,1-2,6-9H2,3H3;1-2H3/b11-10+;. The van der Waals surface area contributed by atoms with Crippen molar-refractivity contribution in [3.05, 3.63) is 36.5 Å². The van der Waals surface area contributed by atoms with Crippen LogP contribution in [0.25, 0.3) is 0 Å². The van der Waals surface area contributed by atoms with Crippen LogP contribution in [-0.4, -0.2) is 12.6 Å². The zero-order valence-electron chi connectivity index (χ0n) is 10.5. The summed E-state index contributed by atoms with van der Waals surface area (Å²) in [5, 5.41) is 3.51. The maximum absolute atomic E-state index is 3.86. The Hall–Kier alpha value is -0.820. The van der Waals surface area contributed by atoms with E-state index in [4.69, 9.17) is 0 Å². The van der Waals surface area contributed by atoms with Crippen LogP contribution in [0, 0.1) is 0 Å². The summed E-state index contributed by atoms with van der Waals surface area (Å²) in [4.78, 5) is 0. The minimum Gasteiger partial charge on any atom is -0.310 e. The third kappa shape index (κ3) is 4.48. The van der Waals surface area contributed by atoms with Crippen molar-refractivity contribution in [1.82, 2.24) is 5.32 Å². The molecule has 1 N–H and O–H groups in total. The average Bonchev–Trinajstić information content (AvgIpc) is 2.33. The van der Waals surface area contributed by atoms with Gasteiger partial charge in [-0.15, -0.1) is 0 Å². The molecule has 1 fully saturated rings. The van der Waals surface area contributed by atoms with Gasteiger partial charge in [-0.1, -0.05) is 45.6 Å². The summed E-state index contributed by atoms with van der Waals surface area (Å²) in [5.41, 5.74) is 2.56. The second-order valence-electron chi connectivity index (χ2n) is 3.55. The Morgan fingerprint density at radius 3 is 2.27 bits per heavy atom. The van der Waals surface area contributed by atoms with Crippen molar-refractivity contribution < 1.29 is 0 Å². The first-order chi connectivity index (χ1) is 7.29. The maximum Gasteiger partial charge on any atom is 0.0322 e. The van der Waals surface area contributed by atoms with E-state index in [0.717, 1.165) is 6.54 Å². The second kappa shape index (κ2) is 8.49. The van der Waals surface area contributed by atoms with Gasteiger partial charge in [0, 0.05) is 6.04 Å². The summed E-state index contributed by atoms with van der Waals surface area (Å²) in [7, 11) is 0. The van der Waals surface area contributed by atoms with Crippen LogP contribution >= 0.6 is 0 Å². The number of hydrogen-bond donors (Lipinski definition) is 1. The molecule has 0 saturated carbocycles. The molecule has 1 aliphatic heterocycles. The van der Waals surface area contributed by atoms with Gasteiger partial charge >= 0.3 is 0 Å². The van der Waals surface area contributed by atoms with Gasteiger partial charge in [-0.25, -0.2) is 0 Å². The largest absolute Gasteiger partial charge is 0.310 e. The molecule has 1 saturated heterocycles. The van der Waals surface area contributed by atoms with Crippen molar-refractivity contribution in [3.8, 4) is 0 Å². The normalized spacial score (nSPS) is 21.9. The SMILES string of the molecule is C=C/C(C)=C(\C=C)C1CCCCN1.CC. The van der Waals surface area contributed by atoms with Crippen LogP contribution < -0.4 is 5.32 Å². The average molecular weight is 207 g/mol. The van der Waals surface area contributed by atoms with Crippen LogP contribution in [0.3, 0.4) is 0 Å². The molecule has 0 bridgehead atoms. The van der Waals surface area contributed by atoms with Crippen LogP contribution in [0.2, 0.25) is 0 Å². The highest BCUT2D eigenvalue weighted by Gasteiger charge is 2.15. The number of nitrogens with one attached hydrogen (secondary N) is 1. The van der Waals surface area contributed by atoms with E-state index in [2.05, 4.69) is 25.4 Å². The molecule has 1 nitrogen and oxygen atoms in total. The maximum atomic E-state index is 3.86. The molecule has 0 spiro atoms. The smallest absolute Gasteiger partial charge is 0.0322 e. The molecule has 1 rings (SSSR count). The van der Waals surface area contributed by atoms with Gasteiger partial charge < -0.3 is 5.32 Å². The highest BCUT2D eigenvalue weighted by Crippen LogP contribution is 2.19. The molecule has 0 aliphatic carbocycles. The molecule has 1 aliphatic rings. The van der Waals surface area contributed by atoms with E-state index in [1.165, 1.54) is 30.4 Å². The van der Waals surface area contributed by atoms with Gasteiger partial charge in [-0.3, -0.25) is 0 Å². The molecular formula is C14H25N. The molecule has 0 aromatic heterocycles. The number of piperidine rings is 1. The Bertz CT molecular complexity index is 219. The number of hydrogen-bond acceptors (Lipinski definition) is 1. The number of rotatable bonds is 3. The van der Waals surface area contributed by atoms with Crippen molar-refractivity contribution >= 4 is 0 Å². The molecule has 1 heteroatoms. The summed E-state index contributed by atoms with van der Waals surface area (Å²) in [5.74, 6) is 0. The first-order valence-corrected chi connectivity index (χ1v) is 5.98. The van der Waals surface area contributed by atoms with E-state index in [9.17, 15) is 0 Å². The van der Waals surface area contributed by atoms with Crippen molar-refractivity contribution in [2.75, 3.05) is 6.54 Å². The third-order valence-corrected chi connectivity index (χ3v) is 2.67. The minimum atomic E-state index is 0.504. The predicted molar refractivity (Wildman–Crippen MR) is 70.1 cm³/mol. The monoisotopic (exact) mass is 207 g/mol. The van der Waals surface area contributed by atoms with Crippen molar-refractivity contribution in [1.29, 1.82) is 0 Å². The zero-order chi connectivity index (χ0) is 11.7. The lowest BCUT2D eigenvalue weighted by Gasteiger charge is -2.25. The van der Waals surface area contributed by atoms with E-state index < -0.39 is 0 Å².